The van der Waals surface area contributed by atoms with E-state index in [4.69, 9.17) is 4.74 Å². The number of likely N-dealkylation sites (tertiary alicyclic amines) is 1. The molecule has 0 radical (unpaired) electrons. The molecule has 5 heteroatoms. The Morgan fingerprint density at radius 3 is 2.83 bits per heavy atom. The summed E-state index contributed by atoms with van der Waals surface area (Å²) in [4.78, 5) is 22.2. The van der Waals surface area contributed by atoms with Gasteiger partial charge in [-0.05, 0) is 32.0 Å². The molecule has 5 nitrogen and oxygen atoms in total. The second-order valence-corrected chi connectivity index (χ2v) is 6.19. The molecule has 1 aromatic carbocycles. The molecule has 23 heavy (non-hydrogen) atoms. The summed E-state index contributed by atoms with van der Waals surface area (Å²) in [6.45, 7) is 1.93. The summed E-state index contributed by atoms with van der Waals surface area (Å²) in [6, 6.07) is 9.87. The van der Waals surface area contributed by atoms with Crippen LogP contribution in [0.4, 0.5) is 0 Å². The molecule has 0 saturated carbocycles. The fraction of sp³-hybridized carbons (Fsp3) is 0.333. The van der Waals surface area contributed by atoms with Crippen LogP contribution >= 0.6 is 0 Å². The smallest absolute Gasteiger partial charge is 0.357 e. The molecule has 0 unspecified atom stereocenters. The van der Waals surface area contributed by atoms with Gasteiger partial charge in [0.25, 0.3) is 0 Å². The van der Waals surface area contributed by atoms with Crippen LogP contribution in [0.15, 0.2) is 36.5 Å². The third-order valence-corrected chi connectivity index (χ3v) is 4.54. The van der Waals surface area contributed by atoms with E-state index in [1.165, 1.54) is 0 Å². The van der Waals surface area contributed by atoms with Crippen LogP contribution in [0.1, 0.15) is 23.3 Å². The number of benzene rings is 1. The predicted octanol–water partition coefficient (Wildman–Crippen LogP) is 2.97. The first-order valence-electron chi connectivity index (χ1n) is 7.97. The number of nitrogens with zero attached hydrogens (tertiary/aromatic N) is 2. The highest BCUT2D eigenvalue weighted by atomic mass is 16.5. The van der Waals surface area contributed by atoms with Crippen molar-refractivity contribution in [2.24, 2.45) is 0 Å². The van der Waals surface area contributed by atoms with Crippen molar-refractivity contribution >= 4 is 27.8 Å². The van der Waals surface area contributed by atoms with E-state index in [1.54, 1.807) is 6.20 Å². The predicted molar refractivity (Wildman–Crippen MR) is 89.5 cm³/mol. The summed E-state index contributed by atoms with van der Waals surface area (Å²) in [5, 5.41) is 2.10. The number of piperidine rings is 1. The molecule has 3 aromatic rings. The molecule has 2 aromatic heterocycles. The molecule has 0 spiro atoms. The highest BCUT2D eigenvalue weighted by molar-refractivity contribution is 6.08. The number of nitrogens with one attached hydrogen (secondary N) is 1. The number of aromatic nitrogens is 2. The number of pyridine rings is 1. The Bertz CT molecular complexity index is 863. The molecular formula is C18H19N3O2. The Balaban J connectivity index is 1.60. The number of aromatic amines is 1. The van der Waals surface area contributed by atoms with Gasteiger partial charge in [-0.25, -0.2) is 9.78 Å². The van der Waals surface area contributed by atoms with Gasteiger partial charge in [0.05, 0.1) is 11.7 Å². The summed E-state index contributed by atoms with van der Waals surface area (Å²) < 4.78 is 5.62. The van der Waals surface area contributed by atoms with Gasteiger partial charge in [-0.2, -0.15) is 0 Å². The number of hydrogen-bond acceptors (Lipinski definition) is 4. The second kappa shape index (κ2) is 5.66. The molecule has 4 rings (SSSR count). The minimum Gasteiger partial charge on any atom is -0.458 e. The topological polar surface area (TPSA) is 58.2 Å². The number of rotatable bonds is 2. The van der Waals surface area contributed by atoms with E-state index in [9.17, 15) is 4.79 Å². The molecule has 118 valence electrons. The van der Waals surface area contributed by atoms with E-state index in [0.29, 0.717) is 5.69 Å². The Hall–Kier alpha value is -2.40. The Morgan fingerprint density at radius 2 is 2.00 bits per heavy atom. The van der Waals surface area contributed by atoms with Crippen LogP contribution < -0.4 is 0 Å². The fourth-order valence-corrected chi connectivity index (χ4v) is 3.18. The number of carbonyl (C=O) groups excluding carboxylic acids is 1. The average molecular weight is 309 g/mol. The third kappa shape index (κ3) is 2.68. The lowest BCUT2D eigenvalue weighted by molar-refractivity contribution is 0.0133. The lowest BCUT2D eigenvalue weighted by Gasteiger charge is -2.28. The van der Waals surface area contributed by atoms with E-state index in [1.807, 2.05) is 30.3 Å². The highest BCUT2D eigenvalue weighted by Crippen LogP contribution is 2.25. The first-order chi connectivity index (χ1) is 11.2. The lowest BCUT2D eigenvalue weighted by atomic mass is 10.1. The van der Waals surface area contributed by atoms with E-state index in [2.05, 4.69) is 21.9 Å². The van der Waals surface area contributed by atoms with Crippen molar-refractivity contribution in [3.05, 3.63) is 42.2 Å². The maximum atomic E-state index is 12.4. The second-order valence-electron chi connectivity index (χ2n) is 6.19. The zero-order valence-corrected chi connectivity index (χ0v) is 13.1. The number of ether oxygens (including phenoxy) is 1. The van der Waals surface area contributed by atoms with Gasteiger partial charge in [0.2, 0.25) is 0 Å². The van der Waals surface area contributed by atoms with Gasteiger partial charge in [-0.15, -0.1) is 0 Å². The van der Waals surface area contributed by atoms with Crippen molar-refractivity contribution in [3.63, 3.8) is 0 Å². The summed E-state index contributed by atoms with van der Waals surface area (Å²) in [5.74, 6) is -0.327. The minimum absolute atomic E-state index is 0.000772. The molecule has 1 aliphatic rings. The molecule has 1 aliphatic heterocycles. The van der Waals surface area contributed by atoms with Gasteiger partial charge in [-0.1, -0.05) is 18.2 Å². The number of para-hydroxylation sites is 1. The zero-order valence-electron chi connectivity index (χ0n) is 13.1. The summed E-state index contributed by atoms with van der Waals surface area (Å²) in [7, 11) is 2.09. The molecular weight excluding hydrogens is 290 g/mol. The molecule has 0 aliphatic carbocycles. The Kier molecular flexibility index (Phi) is 3.50. The molecule has 0 atom stereocenters. The molecule has 3 heterocycles. The third-order valence-electron chi connectivity index (χ3n) is 4.54. The van der Waals surface area contributed by atoms with Crippen LogP contribution in [0.2, 0.25) is 0 Å². The maximum absolute atomic E-state index is 12.4. The number of carbonyl (C=O) groups is 1. The minimum atomic E-state index is -0.327. The van der Waals surface area contributed by atoms with Crippen molar-refractivity contribution < 1.29 is 9.53 Å². The highest BCUT2D eigenvalue weighted by Gasteiger charge is 2.22. The Labute approximate surface area is 134 Å². The van der Waals surface area contributed by atoms with E-state index < -0.39 is 0 Å². The van der Waals surface area contributed by atoms with E-state index >= 15 is 0 Å². The summed E-state index contributed by atoms with van der Waals surface area (Å²) in [5.41, 5.74) is 2.35. The molecule has 0 amide bonds. The SMILES string of the molecule is CN1CCC(OC(=O)c2cc3c(cn2)[nH]c2ccccc23)CC1. The van der Waals surface area contributed by atoms with Crippen LogP contribution in [0.25, 0.3) is 21.8 Å². The number of H-pyrrole nitrogens is 1. The number of hydrogen-bond donors (Lipinski definition) is 1. The zero-order chi connectivity index (χ0) is 15.8. The fourth-order valence-electron chi connectivity index (χ4n) is 3.18. The summed E-state index contributed by atoms with van der Waals surface area (Å²) >= 11 is 0. The lowest BCUT2D eigenvalue weighted by Crippen LogP contribution is -2.35. The molecule has 1 N–H and O–H groups in total. The van der Waals surface area contributed by atoms with Crippen molar-refractivity contribution in [2.45, 2.75) is 18.9 Å². The summed E-state index contributed by atoms with van der Waals surface area (Å²) in [6.07, 6.45) is 3.48. The van der Waals surface area contributed by atoms with Crippen molar-refractivity contribution in [3.8, 4) is 0 Å². The standard InChI is InChI=1S/C18H19N3O2/c1-21-8-6-12(7-9-21)23-18(22)16-10-14-13-4-2-3-5-15(13)20-17(14)11-19-16/h2-5,10-12,20H,6-9H2,1H3. The normalized spacial score (nSPS) is 16.9. The quantitative estimate of drug-likeness (QED) is 0.739. The van der Waals surface area contributed by atoms with Gasteiger partial charge in [0, 0.05) is 29.4 Å². The number of fused-ring (bicyclic) bond motifs is 3. The van der Waals surface area contributed by atoms with Crippen molar-refractivity contribution in [1.82, 2.24) is 14.9 Å². The largest absolute Gasteiger partial charge is 0.458 e. The monoisotopic (exact) mass is 309 g/mol. The van der Waals surface area contributed by atoms with Gasteiger partial charge in [0.1, 0.15) is 11.8 Å². The maximum Gasteiger partial charge on any atom is 0.357 e. The van der Waals surface area contributed by atoms with Crippen LogP contribution in [0.5, 0.6) is 0 Å². The van der Waals surface area contributed by atoms with Gasteiger partial charge in [0.15, 0.2) is 0 Å². The van der Waals surface area contributed by atoms with Gasteiger partial charge in [-0.3, -0.25) is 0 Å². The first kappa shape index (κ1) is 14.2. The number of esters is 1. The van der Waals surface area contributed by atoms with Crippen LogP contribution in [-0.2, 0) is 4.74 Å². The van der Waals surface area contributed by atoms with E-state index in [-0.39, 0.29) is 12.1 Å². The molecule has 1 fully saturated rings. The van der Waals surface area contributed by atoms with E-state index in [0.717, 1.165) is 47.7 Å². The van der Waals surface area contributed by atoms with Gasteiger partial charge < -0.3 is 14.6 Å². The van der Waals surface area contributed by atoms with Crippen LogP contribution in [0, 0.1) is 0 Å². The molecule has 1 saturated heterocycles. The Morgan fingerprint density at radius 1 is 1.22 bits per heavy atom. The molecule has 0 bridgehead atoms. The van der Waals surface area contributed by atoms with Crippen LogP contribution in [-0.4, -0.2) is 47.1 Å². The average Bonchev–Trinajstić information content (AvgIpc) is 2.94. The van der Waals surface area contributed by atoms with Crippen LogP contribution in [0.3, 0.4) is 0 Å². The van der Waals surface area contributed by atoms with Crippen molar-refractivity contribution in [2.75, 3.05) is 20.1 Å². The van der Waals surface area contributed by atoms with Gasteiger partial charge >= 0.3 is 5.97 Å². The van der Waals surface area contributed by atoms with Crippen molar-refractivity contribution in [1.29, 1.82) is 0 Å². The first-order valence-corrected chi connectivity index (χ1v) is 7.97.